The maximum Gasteiger partial charge on any atom is 0.243 e. The molecule has 0 saturated carbocycles. The van der Waals surface area contributed by atoms with E-state index in [0.29, 0.717) is 13.0 Å². The molecule has 0 aromatic heterocycles. The third-order valence-corrected chi connectivity index (χ3v) is 3.99. The van der Waals surface area contributed by atoms with Crippen LogP contribution in [0.3, 0.4) is 0 Å². The van der Waals surface area contributed by atoms with Gasteiger partial charge in [-0.05, 0) is 37.7 Å². The summed E-state index contributed by atoms with van der Waals surface area (Å²) in [4.78, 5) is -0.379. The van der Waals surface area contributed by atoms with Crippen molar-refractivity contribution in [1.29, 1.82) is 0 Å². The van der Waals surface area contributed by atoms with Crippen LogP contribution in [0, 0.1) is 5.82 Å². The van der Waals surface area contributed by atoms with Gasteiger partial charge in [0.1, 0.15) is 10.7 Å². The Labute approximate surface area is 112 Å². The Kier molecular flexibility index (Phi) is 6.01. The fourth-order valence-electron chi connectivity index (χ4n) is 1.37. The molecule has 7 heteroatoms. The molecule has 0 aliphatic heterocycles. The fraction of sp³-hybridized carbons (Fsp3) is 0.455. The molecule has 18 heavy (non-hydrogen) atoms. The summed E-state index contributed by atoms with van der Waals surface area (Å²) < 4.78 is 39.4. The molecule has 0 saturated heterocycles. The predicted octanol–water partition coefficient (Wildman–Crippen LogP) is 1.76. The standard InChI is InChI=1S/C11H16ClFN2O2S/c1-2-14-6-3-7-15-18(16,17)11-5-4-9(12)8-10(11)13/h4-5,8,14-15H,2-3,6-7H2,1H3. The summed E-state index contributed by atoms with van der Waals surface area (Å²) in [5.74, 6) is -0.846. The van der Waals surface area contributed by atoms with Crippen molar-refractivity contribution in [1.82, 2.24) is 10.0 Å². The highest BCUT2D eigenvalue weighted by Gasteiger charge is 2.18. The Morgan fingerprint density at radius 1 is 1.33 bits per heavy atom. The lowest BCUT2D eigenvalue weighted by Gasteiger charge is -2.08. The third-order valence-electron chi connectivity index (χ3n) is 2.26. The second kappa shape index (κ2) is 7.04. The molecule has 2 N–H and O–H groups in total. The Morgan fingerprint density at radius 2 is 2.06 bits per heavy atom. The Hall–Kier alpha value is -0.690. The van der Waals surface area contributed by atoms with Crippen molar-refractivity contribution < 1.29 is 12.8 Å². The molecule has 0 bridgehead atoms. The number of sulfonamides is 1. The summed E-state index contributed by atoms with van der Waals surface area (Å²) in [6.45, 7) is 3.77. The molecule has 0 heterocycles. The summed E-state index contributed by atoms with van der Waals surface area (Å²) >= 11 is 5.57. The zero-order chi connectivity index (χ0) is 13.6. The molecule has 1 aromatic carbocycles. The minimum atomic E-state index is -3.81. The van der Waals surface area contributed by atoms with Gasteiger partial charge in [0.15, 0.2) is 0 Å². The molecule has 4 nitrogen and oxygen atoms in total. The van der Waals surface area contributed by atoms with Crippen LogP contribution in [-0.2, 0) is 10.0 Å². The van der Waals surface area contributed by atoms with Gasteiger partial charge in [-0.25, -0.2) is 17.5 Å². The van der Waals surface area contributed by atoms with Crippen molar-refractivity contribution in [2.45, 2.75) is 18.2 Å². The quantitative estimate of drug-likeness (QED) is 0.754. The summed E-state index contributed by atoms with van der Waals surface area (Å²) in [6.07, 6.45) is 0.641. The monoisotopic (exact) mass is 294 g/mol. The fourth-order valence-corrected chi connectivity index (χ4v) is 2.66. The summed E-state index contributed by atoms with van der Waals surface area (Å²) in [7, 11) is -3.81. The van der Waals surface area contributed by atoms with Crippen molar-refractivity contribution in [3.63, 3.8) is 0 Å². The van der Waals surface area contributed by atoms with Gasteiger partial charge in [-0.3, -0.25) is 0 Å². The first kappa shape index (κ1) is 15.4. The van der Waals surface area contributed by atoms with E-state index in [-0.39, 0.29) is 16.5 Å². The van der Waals surface area contributed by atoms with Gasteiger partial charge in [0.05, 0.1) is 0 Å². The molecule has 0 atom stereocenters. The maximum atomic E-state index is 13.5. The van der Waals surface area contributed by atoms with Crippen molar-refractivity contribution in [2.75, 3.05) is 19.6 Å². The van der Waals surface area contributed by atoms with E-state index >= 15 is 0 Å². The topological polar surface area (TPSA) is 58.2 Å². The van der Waals surface area contributed by atoms with E-state index in [4.69, 9.17) is 11.6 Å². The Bertz CT molecular complexity index is 494. The minimum absolute atomic E-state index is 0.165. The van der Waals surface area contributed by atoms with Gasteiger partial charge in [0.25, 0.3) is 0 Å². The lowest BCUT2D eigenvalue weighted by atomic mass is 10.3. The zero-order valence-electron chi connectivity index (χ0n) is 10.0. The van der Waals surface area contributed by atoms with Gasteiger partial charge >= 0.3 is 0 Å². The van der Waals surface area contributed by atoms with Gasteiger partial charge in [0, 0.05) is 11.6 Å². The van der Waals surface area contributed by atoms with Crippen molar-refractivity contribution in [2.24, 2.45) is 0 Å². The van der Waals surface area contributed by atoms with E-state index in [9.17, 15) is 12.8 Å². The normalized spacial score (nSPS) is 11.7. The number of benzene rings is 1. The van der Waals surface area contributed by atoms with Crippen LogP contribution in [0.2, 0.25) is 5.02 Å². The van der Waals surface area contributed by atoms with Crippen LogP contribution in [0.25, 0.3) is 0 Å². The van der Waals surface area contributed by atoms with Crippen LogP contribution in [0.4, 0.5) is 4.39 Å². The van der Waals surface area contributed by atoms with Gasteiger partial charge in [-0.15, -0.1) is 0 Å². The van der Waals surface area contributed by atoms with Crippen molar-refractivity contribution in [3.05, 3.63) is 29.0 Å². The molecular formula is C11H16ClFN2O2S. The number of hydrogen-bond acceptors (Lipinski definition) is 3. The van der Waals surface area contributed by atoms with E-state index in [2.05, 4.69) is 10.0 Å². The van der Waals surface area contributed by atoms with E-state index in [0.717, 1.165) is 18.7 Å². The van der Waals surface area contributed by atoms with Crippen LogP contribution in [0.1, 0.15) is 13.3 Å². The summed E-state index contributed by atoms with van der Waals surface area (Å²) in [5, 5.41) is 3.23. The Balaban J connectivity index is 2.63. The van der Waals surface area contributed by atoms with Crippen LogP contribution >= 0.6 is 11.6 Å². The van der Waals surface area contributed by atoms with E-state index in [1.165, 1.54) is 6.07 Å². The lowest BCUT2D eigenvalue weighted by Crippen LogP contribution is -2.28. The van der Waals surface area contributed by atoms with Crippen LogP contribution in [0.15, 0.2) is 23.1 Å². The number of nitrogens with one attached hydrogen (secondary N) is 2. The second-order valence-corrected chi connectivity index (χ2v) is 5.85. The number of rotatable bonds is 7. The van der Waals surface area contributed by atoms with Gasteiger partial charge in [0.2, 0.25) is 10.0 Å². The average molecular weight is 295 g/mol. The van der Waals surface area contributed by atoms with Crippen molar-refractivity contribution in [3.8, 4) is 0 Å². The maximum absolute atomic E-state index is 13.5. The van der Waals surface area contributed by atoms with Crippen LogP contribution in [-0.4, -0.2) is 28.1 Å². The Morgan fingerprint density at radius 3 is 2.67 bits per heavy atom. The molecule has 1 aromatic rings. The molecule has 1 rings (SSSR count). The average Bonchev–Trinajstić information content (AvgIpc) is 2.28. The first-order valence-corrected chi connectivity index (χ1v) is 7.49. The van der Waals surface area contributed by atoms with E-state index < -0.39 is 15.8 Å². The molecule has 0 amide bonds. The first-order valence-electron chi connectivity index (χ1n) is 5.63. The molecule has 102 valence electrons. The predicted molar refractivity (Wildman–Crippen MR) is 69.8 cm³/mol. The molecule has 0 fully saturated rings. The zero-order valence-corrected chi connectivity index (χ0v) is 11.6. The molecule has 0 radical (unpaired) electrons. The molecule has 0 unspecified atom stereocenters. The summed E-state index contributed by atoms with van der Waals surface area (Å²) in [6, 6.07) is 3.48. The first-order chi connectivity index (χ1) is 8.47. The highest BCUT2D eigenvalue weighted by atomic mass is 35.5. The molecule has 0 aliphatic carbocycles. The van der Waals surface area contributed by atoms with Gasteiger partial charge in [-0.2, -0.15) is 0 Å². The third kappa shape index (κ3) is 4.53. The number of hydrogen-bond donors (Lipinski definition) is 2. The van der Waals surface area contributed by atoms with Crippen molar-refractivity contribution >= 4 is 21.6 Å². The largest absolute Gasteiger partial charge is 0.317 e. The van der Waals surface area contributed by atoms with E-state index in [1.807, 2.05) is 6.92 Å². The highest BCUT2D eigenvalue weighted by Crippen LogP contribution is 2.18. The van der Waals surface area contributed by atoms with Gasteiger partial charge in [-0.1, -0.05) is 18.5 Å². The molecular weight excluding hydrogens is 279 g/mol. The smallest absolute Gasteiger partial charge is 0.243 e. The molecule has 0 aliphatic rings. The SMILES string of the molecule is CCNCCCNS(=O)(=O)c1ccc(Cl)cc1F. The lowest BCUT2D eigenvalue weighted by molar-refractivity contribution is 0.553. The van der Waals surface area contributed by atoms with Crippen LogP contribution < -0.4 is 10.0 Å². The molecule has 0 spiro atoms. The minimum Gasteiger partial charge on any atom is -0.317 e. The summed E-state index contributed by atoms with van der Waals surface area (Å²) in [5.41, 5.74) is 0. The van der Waals surface area contributed by atoms with Crippen LogP contribution in [0.5, 0.6) is 0 Å². The van der Waals surface area contributed by atoms with E-state index in [1.54, 1.807) is 0 Å². The van der Waals surface area contributed by atoms with Gasteiger partial charge < -0.3 is 5.32 Å². The second-order valence-electron chi connectivity index (χ2n) is 3.68. The highest BCUT2D eigenvalue weighted by molar-refractivity contribution is 7.89. The number of halogens is 2.